The third-order valence-electron chi connectivity index (χ3n) is 5.97. The van der Waals surface area contributed by atoms with Crippen molar-refractivity contribution in [1.82, 2.24) is 19.7 Å². The van der Waals surface area contributed by atoms with E-state index in [9.17, 15) is 9.59 Å². The Hall–Kier alpha value is -4.01. The molecule has 2 aliphatic rings. The van der Waals surface area contributed by atoms with Crippen molar-refractivity contribution in [2.75, 3.05) is 11.9 Å². The average Bonchev–Trinajstić information content (AvgIpc) is 3.46. The molecule has 2 amide bonds. The Kier molecular flexibility index (Phi) is 5.72. The van der Waals surface area contributed by atoms with Crippen molar-refractivity contribution in [2.24, 2.45) is 0 Å². The van der Waals surface area contributed by atoms with Crippen LogP contribution in [0.2, 0.25) is 0 Å². The molecular weight excluding hydrogens is 410 g/mol. The van der Waals surface area contributed by atoms with Crippen LogP contribution < -0.4 is 5.32 Å². The first-order chi connectivity index (χ1) is 15.5. The summed E-state index contributed by atoms with van der Waals surface area (Å²) in [5.74, 6) is -0.117. The molecule has 164 valence electrons. The van der Waals surface area contributed by atoms with Gasteiger partial charge in [-0.05, 0) is 42.2 Å². The van der Waals surface area contributed by atoms with Crippen molar-refractivity contribution in [1.29, 1.82) is 0 Å². The summed E-state index contributed by atoms with van der Waals surface area (Å²) >= 11 is 0. The molecule has 0 bridgehead atoms. The average molecular weight is 433 g/mol. The highest BCUT2D eigenvalue weighted by Crippen LogP contribution is 2.54. The SMILES string of the molecule is Cc1cnn(CC(=O)N2CCC3(C(=O)Nc4ccccc43)C2c2cccnc2)c1.O=CO. The number of carbonyl (C=O) groups is 3. The first kappa shape index (κ1) is 21.2. The van der Waals surface area contributed by atoms with Crippen LogP contribution in [0.3, 0.4) is 0 Å². The molecule has 32 heavy (non-hydrogen) atoms. The van der Waals surface area contributed by atoms with E-state index >= 15 is 0 Å². The molecule has 1 spiro atoms. The van der Waals surface area contributed by atoms with Gasteiger partial charge in [0.25, 0.3) is 6.47 Å². The zero-order chi connectivity index (χ0) is 22.7. The van der Waals surface area contributed by atoms with Crippen LogP contribution in [-0.4, -0.2) is 49.6 Å². The second-order valence-electron chi connectivity index (χ2n) is 7.82. The minimum Gasteiger partial charge on any atom is -0.483 e. The number of pyridine rings is 1. The number of fused-ring (bicyclic) bond motifs is 2. The molecule has 9 nitrogen and oxygen atoms in total. The lowest BCUT2D eigenvalue weighted by atomic mass is 9.73. The first-order valence-electron chi connectivity index (χ1n) is 10.2. The number of carbonyl (C=O) groups excluding carboxylic acids is 2. The molecule has 0 radical (unpaired) electrons. The standard InChI is InChI=1S/C22H21N5O2.CH2O2/c1-15-11-24-26(13-15)14-19(28)27-10-8-22(20(27)16-5-4-9-23-12-16)17-6-2-3-7-18(17)25-21(22)29;2-1-3/h2-7,9,11-13,20H,8,10,14H2,1H3,(H,25,29);1H,(H,2,3). The summed E-state index contributed by atoms with van der Waals surface area (Å²) in [6, 6.07) is 11.1. The molecule has 0 aliphatic carbocycles. The van der Waals surface area contributed by atoms with Gasteiger partial charge in [0.05, 0.1) is 12.2 Å². The van der Waals surface area contributed by atoms with Gasteiger partial charge in [0.1, 0.15) is 12.0 Å². The number of aromatic nitrogens is 3. The van der Waals surface area contributed by atoms with Gasteiger partial charge in [-0.2, -0.15) is 5.10 Å². The van der Waals surface area contributed by atoms with Gasteiger partial charge >= 0.3 is 0 Å². The molecule has 9 heteroatoms. The number of nitrogens with one attached hydrogen (secondary N) is 1. The van der Waals surface area contributed by atoms with E-state index in [2.05, 4.69) is 15.4 Å². The van der Waals surface area contributed by atoms with Crippen LogP contribution >= 0.6 is 0 Å². The van der Waals surface area contributed by atoms with Crippen LogP contribution in [0.4, 0.5) is 5.69 Å². The summed E-state index contributed by atoms with van der Waals surface area (Å²) in [5, 5.41) is 14.2. The summed E-state index contributed by atoms with van der Waals surface area (Å²) in [7, 11) is 0. The molecule has 5 rings (SSSR count). The number of carboxylic acid groups (broad SMARTS) is 1. The van der Waals surface area contributed by atoms with E-state index in [1.54, 1.807) is 23.3 Å². The van der Waals surface area contributed by atoms with E-state index in [4.69, 9.17) is 9.90 Å². The normalized spacial score (nSPS) is 21.0. The highest BCUT2D eigenvalue weighted by Gasteiger charge is 2.59. The van der Waals surface area contributed by atoms with Crippen molar-refractivity contribution in [2.45, 2.75) is 31.3 Å². The van der Waals surface area contributed by atoms with Crippen molar-refractivity contribution >= 4 is 24.0 Å². The van der Waals surface area contributed by atoms with Crippen LogP contribution in [0.15, 0.2) is 61.2 Å². The number of rotatable bonds is 3. The van der Waals surface area contributed by atoms with Gasteiger partial charge in [-0.25, -0.2) is 0 Å². The van der Waals surface area contributed by atoms with Crippen LogP contribution in [0.25, 0.3) is 0 Å². The fourth-order valence-corrected chi connectivity index (χ4v) is 4.74. The smallest absolute Gasteiger partial charge is 0.290 e. The Morgan fingerprint density at radius 3 is 2.75 bits per heavy atom. The predicted octanol–water partition coefficient (Wildman–Crippen LogP) is 2.15. The Bertz CT molecular complexity index is 1150. The van der Waals surface area contributed by atoms with Gasteiger partial charge in [0.15, 0.2) is 0 Å². The molecule has 1 saturated heterocycles. The summed E-state index contributed by atoms with van der Waals surface area (Å²) in [4.78, 5) is 41.0. The van der Waals surface area contributed by atoms with E-state index in [1.807, 2.05) is 54.4 Å². The van der Waals surface area contributed by atoms with Crippen molar-refractivity contribution in [3.63, 3.8) is 0 Å². The van der Waals surface area contributed by atoms with Crippen molar-refractivity contribution in [3.05, 3.63) is 77.9 Å². The highest BCUT2D eigenvalue weighted by atomic mass is 16.3. The molecule has 1 aromatic carbocycles. The quantitative estimate of drug-likeness (QED) is 0.611. The van der Waals surface area contributed by atoms with E-state index < -0.39 is 11.5 Å². The highest BCUT2D eigenvalue weighted by molar-refractivity contribution is 6.07. The summed E-state index contributed by atoms with van der Waals surface area (Å²) in [6.45, 7) is 2.33. The molecule has 0 saturated carbocycles. The van der Waals surface area contributed by atoms with Crippen molar-refractivity contribution in [3.8, 4) is 0 Å². The molecule has 2 N–H and O–H groups in total. The number of nitrogens with zero attached hydrogens (tertiary/aromatic N) is 4. The number of benzene rings is 1. The number of anilines is 1. The van der Waals surface area contributed by atoms with E-state index in [1.165, 1.54) is 0 Å². The fraction of sp³-hybridized carbons (Fsp3) is 0.261. The van der Waals surface area contributed by atoms with Gasteiger partial charge in [0, 0.05) is 30.8 Å². The lowest BCUT2D eigenvalue weighted by Crippen LogP contribution is -2.43. The van der Waals surface area contributed by atoms with Gasteiger partial charge in [-0.1, -0.05) is 24.3 Å². The van der Waals surface area contributed by atoms with Gasteiger partial charge in [0.2, 0.25) is 11.8 Å². The summed E-state index contributed by atoms with van der Waals surface area (Å²) < 4.78 is 1.64. The molecule has 2 aromatic heterocycles. The first-order valence-corrected chi connectivity index (χ1v) is 10.2. The number of hydrogen-bond donors (Lipinski definition) is 2. The third kappa shape index (κ3) is 3.51. The number of hydrogen-bond acceptors (Lipinski definition) is 5. The topological polar surface area (TPSA) is 117 Å². The number of likely N-dealkylation sites (tertiary alicyclic amines) is 1. The number of para-hydroxylation sites is 1. The van der Waals surface area contributed by atoms with E-state index in [0.717, 1.165) is 22.4 Å². The lowest BCUT2D eigenvalue weighted by Gasteiger charge is -2.34. The van der Waals surface area contributed by atoms with Crippen LogP contribution in [0.1, 0.15) is 29.2 Å². The molecule has 2 aliphatic heterocycles. The number of amides is 2. The van der Waals surface area contributed by atoms with Gasteiger partial charge < -0.3 is 15.3 Å². The van der Waals surface area contributed by atoms with E-state index in [0.29, 0.717) is 13.0 Å². The zero-order valence-corrected chi connectivity index (χ0v) is 17.5. The Balaban J connectivity index is 0.000000775. The monoisotopic (exact) mass is 433 g/mol. The Labute approximate surface area is 184 Å². The second kappa shape index (κ2) is 8.62. The largest absolute Gasteiger partial charge is 0.483 e. The third-order valence-corrected chi connectivity index (χ3v) is 5.97. The molecule has 2 atom stereocenters. The Morgan fingerprint density at radius 2 is 2.06 bits per heavy atom. The maximum Gasteiger partial charge on any atom is 0.290 e. The van der Waals surface area contributed by atoms with Crippen LogP contribution in [0, 0.1) is 6.92 Å². The minimum absolute atomic E-state index is 0.0576. The maximum atomic E-state index is 13.3. The summed E-state index contributed by atoms with van der Waals surface area (Å²) in [5.41, 5.74) is 2.83. The molecular formula is C23H23N5O4. The molecule has 4 heterocycles. The fourth-order valence-electron chi connectivity index (χ4n) is 4.74. The maximum absolute atomic E-state index is 13.3. The second-order valence-corrected chi connectivity index (χ2v) is 7.82. The molecule has 3 aromatic rings. The lowest BCUT2D eigenvalue weighted by molar-refractivity contribution is -0.134. The van der Waals surface area contributed by atoms with Crippen molar-refractivity contribution < 1.29 is 19.5 Å². The van der Waals surface area contributed by atoms with Gasteiger partial charge in [-0.3, -0.25) is 24.0 Å². The summed E-state index contributed by atoms with van der Waals surface area (Å²) in [6.07, 6.45) is 7.61. The van der Waals surface area contributed by atoms with Crippen LogP contribution in [0.5, 0.6) is 0 Å². The van der Waals surface area contributed by atoms with Gasteiger partial charge in [-0.15, -0.1) is 0 Å². The molecule has 1 fully saturated rings. The zero-order valence-electron chi connectivity index (χ0n) is 17.5. The predicted molar refractivity (Wildman–Crippen MR) is 116 cm³/mol. The minimum atomic E-state index is -0.810. The molecule has 2 unspecified atom stereocenters. The van der Waals surface area contributed by atoms with Crippen LogP contribution in [-0.2, 0) is 26.3 Å². The number of aryl methyl sites for hydroxylation is 1. The Morgan fingerprint density at radius 1 is 1.28 bits per heavy atom. The van der Waals surface area contributed by atoms with E-state index in [-0.39, 0.29) is 24.8 Å².